The van der Waals surface area contributed by atoms with E-state index in [0.717, 1.165) is 5.82 Å². The van der Waals surface area contributed by atoms with Crippen molar-refractivity contribution in [2.75, 3.05) is 31.1 Å². The van der Waals surface area contributed by atoms with Crippen LogP contribution in [-0.4, -0.2) is 51.5 Å². The molecule has 1 aliphatic rings. The summed E-state index contributed by atoms with van der Waals surface area (Å²) in [6.45, 7) is 4.81. The summed E-state index contributed by atoms with van der Waals surface area (Å²) in [4.78, 5) is 47.7. The number of benzene rings is 1. The minimum absolute atomic E-state index is 0.0855. The maximum absolute atomic E-state index is 12.9. The van der Waals surface area contributed by atoms with Gasteiger partial charge in [-0.05, 0) is 37.3 Å². The van der Waals surface area contributed by atoms with E-state index in [1.54, 1.807) is 36.2 Å². The van der Waals surface area contributed by atoms with Crippen molar-refractivity contribution in [2.24, 2.45) is 0 Å². The molecule has 28 heavy (non-hydrogen) atoms. The first-order chi connectivity index (χ1) is 13.6. The standard InChI is InChI=1S/C20H21N5O3/c1-2-25-16-7-6-14(13-15(16)22-18(26)20(25)28)19(27)24-11-9-23(10-12-24)17-5-3-4-8-21-17/h3-8,13H,2,9-12H2,1H3,(H,22,26). The van der Waals surface area contributed by atoms with Crippen LogP contribution in [0.15, 0.2) is 52.2 Å². The van der Waals surface area contributed by atoms with E-state index in [1.807, 2.05) is 18.2 Å². The minimum Gasteiger partial charge on any atom is -0.353 e. The molecule has 1 saturated heterocycles. The van der Waals surface area contributed by atoms with Crippen LogP contribution in [0, 0.1) is 0 Å². The Morgan fingerprint density at radius 1 is 1.11 bits per heavy atom. The number of nitrogens with zero attached hydrogens (tertiary/aromatic N) is 4. The molecule has 0 saturated carbocycles. The van der Waals surface area contributed by atoms with Crippen LogP contribution < -0.4 is 16.0 Å². The second-order valence-corrected chi connectivity index (χ2v) is 6.70. The number of rotatable bonds is 3. The molecule has 2 aromatic heterocycles. The number of aromatic amines is 1. The second-order valence-electron chi connectivity index (χ2n) is 6.70. The maximum Gasteiger partial charge on any atom is 0.316 e. The number of carbonyl (C=O) groups is 1. The van der Waals surface area contributed by atoms with Gasteiger partial charge in [0.15, 0.2) is 0 Å². The molecule has 0 radical (unpaired) electrons. The van der Waals surface area contributed by atoms with Gasteiger partial charge in [0.25, 0.3) is 5.91 Å². The van der Waals surface area contributed by atoms with E-state index in [-0.39, 0.29) is 5.91 Å². The molecule has 0 atom stereocenters. The minimum atomic E-state index is -0.678. The van der Waals surface area contributed by atoms with E-state index in [4.69, 9.17) is 0 Å². The summed E-state index contributed by atoms with van der Waals surface area (Å²) in [5, 5.41) is 0. The lowest BCUT2D eigenvalue weighted by Crippen LogP contribution is -2.49. The van der Waals surface area contributed by atoms with Gasteiger partial charge in [-0.3, -0.25) is 14.4 Å². The van der Waals surface area contributed by atoms with Crippen molar-refractivity contribution >= 4 is 22.8 Å². The Kier molecular flexibility index (Phi) is 4.68. The van der Waals surface area contributed by atoms with Crippen LogP contribution in [0.3, 0.4) is 0 Å². The molecule has 0 unspecified atom stereocenters. The first kappa shape index (κ1) is 18.0. The smallest absolute Gasteiger partial charge is 0.316 e. The van der Waals surface area contributed by atoms with Crippen molar-refractivity contribution in [2.45, 2.75) is 13.5 Å². The van der Waals surface area contributed by atoms with Crippen LogP contribution in [0.5, 0.6) is 0 Å². The van der Waals surface area contributed by atoms with Gasteiger partial charge in [0.2, 0.25) is 0 Å². The van der Waals surface area contributed by atoms with E-state index in [2.05, 4.69) is 14.9 Å². The fourth-order valence-electron chi connectivity index (χ4n) is 3.59. The van der Waals surface area contributed by atoms with E-state index < -0.39 is 11.1 Å². The highest BCUT2D eigenvalue weighted by Gasteiger charge is 2.23. The lowest BCUT2D eigenvalue weighted by atomic mass is 10.1. The third-order valence-electron chi connectivity index (χ3n) is 5.08. The zero-order valence-corrected chi connectivity index (χ0v) is 15.6. The molecule has 8 heteroatoms. The quantitative estimate of drug-likeness (QED) is 0.688. The van der Waals surface area contributed by atoms with Crippen molar-refractivity contribution < 1.29 is 4.79 Å². The molecule has 0 aliphatic carbocycles. The molecule has 0 spiro atoms. The molecule has 3 heterocycles. The molecule has 1 amide bonds. The molecule has 1 aromatic carbocycles. The van der Waals surface area contributed by atoms with E-state index in [9.17, 15) is 14.4 Å². The van der Waals surface area contributed by atoms with Crippen molar-refractivity contribution in [3.05, 3.63) is 68.9 Å². The third-order valence-corrected chi connectivity index (χ3v) is 5.08. The topological polar surface area (TPSA) is 91.3 Å². The predicted molar refractivity (Wildman–Crippen MR) is 107 cm³/mol. The van der Waals surface area contributed by atoms with Gasteiger partial charge in [-0.25, -0.2) is 4.98 Å². The van der Waals surface area contributed by atoms with Crippen LogP contribution in [-0.2, 0) is 6.54 Å². The van der Waals surface area contributed by atoms with Gasteiger partial charge in [-0.2, -0.15) is 0 Å². The number of amides is 1. The summed E-state index contributed by atoms with van der Waals surface area (Å²) < 4.78 is 1.41. The van der Waals surface area contributed by atoms with Gasteiger partial charge < -0.3 is 19.4 Å². The summed E-state index contributed by atoms with van der Waals surface area (Å²) in [5.41, 5.74) is 0.339. The Morgan fingerprint density at radius 2 is 1.89 bits per heavy atom. The Balaban J connectivity index is 1.56. The molecule has 0 bridgehead atoms. The number of carbonyl (C=O) groups excluding carboxylic acids is 1. The van der Waals surface area contributed by atoms with E-state index >= 15 is 0 Å². The van der Waals surface area contributed by atoms with Crippen LogP contribution >= 0.6 is 0 Å². The molecule has 1 fully saturated rings. The molecular formula is C20H21N5O3. The average Bonchev–Trinajstić information content (AvgIpc) is 2.74. The second kappa shape index (κ2) is 7.30. The van der Waals surface area contributed by atoms with Crippen molar-refractivity contribution in [3.63, 3.8) is 0 Å². The Labute approximate surface area is 161 Å². The molecule has 1 aliphatic heterocycles. The van der Waals surface area contributed by atoms with Gasteiger partial charge in [0, 0.05) is 44.5 Å². The van der Waals surface area contributed by atoms with Gasteiger partial charge >= 0.3 is 11.1 Å². The van der Waals surface area contributed by atoms with Crippen molar-refractivity contribution in [1.29, 1.82) is 0 Å². The summed E-state index contributed by atoms with van der Waals surface area (Å²) in [7, 11) is 0. The monoisotopic (exact) mass is 379 g/mol. The molecular weight excluding hydrogens is 358 g/mol. The number of nitrogens with one attached hydrogen (secondary N) is 1. The Bertz CT molecular complexity index is 1130. The summed E-state index contributed by atoms with van der Waals surface area (Å²) in [6.07, 6.45) is 1.76. The average molecular weight is 379 g/mol. The highest BCUT2D eigenvalue weighted by molar-refractivity contribution is 5.97. The highest BCUT2D eigenvalue weighted by atomic mass is 16.2. The zero-order valence-electron chi connectivity index (χ0n) is 15.6. The number of piperazine rings is 1. The lowest BCUT2D eigenvalue weighted by Gasteiger charge is -2.35. The van der Waals surface area contributed by atoms with Crippen LogP contribution in [0.4, 0.5) is 5.82 Å². The molecule has 1 N–H and O–H groups in total. The van der Waals surface area contributed by atoms with Gasteiger partial charge in [-0.1, -0.05) is 6.07 Å². The Morgan fingerprint density at radius 3 is 2.57 bits per heavy atom. The first-order valence-electron chi connectivity index (χ1n) is 9.30. The fourth-order valence-corrected chi connectivity index (χ4v) is 3.59. The number of H-pyrrole nitrogens is 1. The number of fused-ring (bicyclic) bond motifs is 1. The largest absolute Gasteiger partial charge is 0.353 e. The van der Waals surface area contributed by atoms with Crippen molar-refractivity contribution in [1.82, 2.24) is 19.4 Å². The highest BCUT2D eigenvalue weighted by Crippen LogP contribution is 2.17. The van der Waals surface area contributed by atoms with Gasteiger partial charge in [-0.15, -0.1) is 0 Å². The number of hydrogen-bond donors (Lipinski definition) is 1. The number of pyridine rings is 1. The number of anilines is 1. The fraction of sp³-hybridized carbons (Fsp3) is 0.300. The maximum atomic E-state index is 12.9. The number of aryl methyl sites for hydroxylation is 1. The van der Waals surface area contributed by atoms with E-state index in [1.165, 1.54) is 4.57 Å². The summed E-state index contributed by atoms with van der Waals surface area (Å²) >= 11 is 0. The van der Waals surface area contributed by atoms with Crippen LogP contribution in [0.25, 0.3) is 11.0 Å². The lowest BCUT2D eigenvalue weighted by molar-refractivity contribution is 0.0746. The first-order valence-corrected chi connectivity index (χ1v) is 9.30. The molecule has 8 nitrogen and oxygen atoms in total. The third kappa shape index (κ3) is 3.17. The number of hydrogen-bond acceptors (Lipinski definition) is 5. The molecule has 4 rings (SSSR count). The zero-order chi connectivity index (χ0) is 19.7. The van der Waals surface area contributed by atoms with Crippen LogP contribution in [0.1, 0.15) is 17.3 Å². The Hall–Kier alpha value is -3.42. The van der Waals surface area contributed by atoms with E-state index in [0.29, 0.717) is 49.3 Å². The van der Waals surface area contributed by atoms with Crippen LogP contribution in [0.2, 0.25) is 0 Å². The SMILES string of the molecule is CCn1c(=O)c(=O)[nH]c2cc(C(=O)N3CCN(c4ccccn4)CC3)ccc21. The normalized spacial score (nSPS) is 14.5. The molecule has 144 valence electrons. The van der Waals surface area contributed by atoms with Gasteiger partial charge in [0.1, 0.15) is 5.82 Å². The summed E-state index contributed by atoms with van der Waals surface area (Å²) in [6, 6.07) is 10.9. The molecule has 3 aromatic rings. The number of aromatic nitrogens is 3. The van der Waals surface area contributed by atoms with Gasteiger partial charge in [0.05, 0.1) is 11.0 Å². The summed E-state index contributed by atoms with van der Waals surface area (Å²) in [5.74, 6) is 0.827. The predicted octanol–water partition coefficient (Wildman–Crippen LogP) is 1.07. The van der Waals surface area contributed by atoms with Crippen molar-refractivity contribution in [3.8, 4) is 0 Å².